The molecule has 2 fully saturated rings. The summed E-state index contributed by atoms with van der Waals surface area (Å²) in [5, 5.41) is 0. The summed E-state index contributed by atoms with van der Waals surface area (Å²) in [6.45, 7) is 9.20. The fraction of sp³-hybridized carbons (Fsp3) is 0.706. The second-order valence-corrected chi connectivity index (χ2v) is 7.45. The van der Waals surface area contributed by atoms with Gasteiger partial charge < -0.3 is 4.74 Å². The van der Waals surface area contributed by atoms with E-state index in [-0.39, 0.29) is 40.5 Å². The monoisotopic (exact) mass is 290 g/mol. The van der Waals surface area contributed by atoms with Crippen molar-refractivity contribution < 1.29 is 19.1 Å². The molecule has 0 aliphatic heterocycles. The van der Waals surface area contributed by atoms with Crippen molar-refractivity contribution in [2.75, 3.05) is 0 Å². The number of fused-ring (bicyclic) bond motifs is 1. The number of carbonyl (C=O) groups excluding carboxylic acids is 3. The third-order valence-electron chi connectivity index (χ3n) is 6.15. The smallest absolute Gasteiger partial charge is 0.308 e. The summed E-state index contributed by atoms with van der Waals surface area (Å²) >= 11 is 0. The molecule has 1 spiro atoms. The van der Waals surface area contributed by atoms with E-state index in [1.165, 1.54) is 6.92 Å². The highest BCUT2D eigenvalue weighted by Crippen LogP contribution is 2.69. The van der Waals surface area contributed by atoms with E-state index in [0.717, 1.165) is 12.8 Å². The van der Waals surface area contributed by atoms with Crippen LogP contribution in [0.3, 0.4) is 0 Å². The molecule has 0 aromatic rings. The molecule has 2 saturated carbocycles. The molecule has 3 rings (SSSR count). The number of allylic oxidation sites excluding steroid dienone is 2. The first-order chi connectivity index (χ1) is 9.66. The minimum atomic E-state index is -0.960. The number of esters is 1. The Bertz CT molecular complexity index is 598. The Kier molecular flexibility index (Phi) is 2.80. The Balaban J connectivity index is 2.26. The third-order valence-corrected chi connectivity index (χ3v) is 6.15. The molecule has 0 aromatic heterocycles. The normalized spacial score (nSPS) is 40.5. The number of Topliss-reactive ketones (excluding diaryl/α,β-unsaturated/α-hetero) is 2. The third kappa shape index (κ3) is 1.43. The van der Waals surface area contributed by atoms with Crippen molar-refractivity contribution in [2.24, 2.45) is 28.6 Å². The highest BCUT2D eigenvalue weighted by Gasteiger charge is 2.74. The molecule has 4 nitrogen and oxygen atoms in total. The number of ketones is 2. The summed E-state index contributed by atoms with van der Waals surface area (Å²) in [6.07, 6.45) is 1.77. The highest BCUT2D eigenvalue weighted by atomic mass is 16.5. The average Bonchev–Trinajstić information content (AvgIpc) is 2.78. The van der Waals surface area contributed by atoms with Crippen LogP contribution in [-0.4, -0.2) is 17.5 Å². The number of hydrogen-bond acceptors (Lipinski definition) is 4. The molecule has 2 bridgehead atoms. The first-order valence-corrected chi connectivity index (χ1v) is 7.65. The molecule has 0 saturated heterocycles. The first kappa shape index (κ1) is 14.5. The van der Waals surface area contributed by atoms with Crippen LogP contribution in [0.15, 0.2) is 11.3 Å². The van der Waals surface area contributed by atoms with Gasteiger partial charge in [0.2, 0.25) is 5.78 Å². The Labute approximate surface area is 124 Å². The standard InChI is InChI=1S/C17H22O4/c1-8-6-7-11-16(4,5)12-9(2)13(21-10(3)18)15(20)17(8,11)14(12)19/h8,11-12H,6-7H2,1-5H3/t8-,11-,12+,17+/m1/s1. The number of rotatable bonds is 1. The predicted octanol–water partition coefficient (Wildman–Crippen LogP) is 2.66. The van der Waals surface area contributed by atoms with Gasteiger partial charge in [0.1, 0.15) is 5.41 Å². The molecule has 114 valence electrons. The summed E-state index contributed by atoms with van der Waals surface area (Å²) in [6, 6.07) is 0. The molecular formula is C17H22O4. The van der Waals surface area contributed by atoms with Gasteiger partial charge >= 0.3 is 5.97 Å². The lowest BCUT2D eigenvalue weighted by molar-refractivity contribution is -0.150. The van der Waals surface area contributed by atoms with Crippen molar-refractivity contribution in [3.63, 3.8) is 0 Å². The van der Waals surface area contributed by atoms with Crippen molar-refractivity contribution in [1.29, 1.82) is 0 Å². The van der Waals surface area contributed by atoms with Crippen LogP contribution in [0, 0.1) is 28.6 Å². The van der Waals surface area contributed by atoms with Gasteiger partial charge in [0.05, 0.1) is 0 Å². The maximum atomic E-state index is 13.1. The summed E-state index contributed by atoms with van der Waals surface area (Å²) in [7, 11) is 0. The summed E-state index contributed by atoms with van der Waals surface area (Å²) in [4.78, 5) is 37.5. The summed E-state index contributed by atoms with van der Waals surface area (Å²) in [5.41, 5.74) is -0.584. The van der Waals surface area contributed by atoms with Crippen LogP contribution in [0.2, 0.25) is 0 Å². The Morgan fingerprint density at radius 3 is 2.43 bits per heavy atom. The molecule has 0 aromatic carbocycles. The van der Waals surface area contributed by atoms with Crippen LogP contribution < -0.4 is 0 Å². The van der Waals surface area contributed by atoms with Gasteiger partial charge in [-0.2, -0.15) is 0 Å². The van der Waals surface area contributed by atoms with Gasteiger partial charge in [-0.3, -0.25) is 14.4 Å². The maximum absolute atomic E-state index is 13.1. The molecule has 3 aliphatic carbocycles. The van der Waals surface area contributed by atoms with Gasteiger partial charge in [-0.15, -0.1) is 0 Å². The van der Waals surface area contributed by atoms with E-state index in [4.69, 9.17) is 4.74 Å². The van der Waals surface area contributed by atoms with Gasteiger partial charge in [-0.25, -0.2) is 0 Å². The lowest BCUT2D eigenvalue weighted by atomic mass is 9.66. The predicted molar refractivity (Wildman–Crippen MR) is 76.1 cm³/mol. The first-order valence-electron chi connectivity index (χ1n) is 7.65. The SMILES string of the molecule is CC(=O)OC1=C(C)[C@H]2C(=O)[C@]3(C1=O)[C@H](C)CC[C@@H]3C2(C)C. The molecule has 0 amide bonds. The maximum Gasteiger partial charge on any atom is 0.308 e. The van der Waals surface area contributed by atoms with E-state index in [1.807, 2.05) is 6.92 Å². The van der Waals surface area contributed by atoms with Crippen LogP contribution in [-0.2, 0) is 19.1 Å². The van der Waals surface area contributed by atoms with Gasteiger partial charge in [0.25, 0.3) is 0 Å². The zero-order valence-corrected chi connectivity index (χ0v) is 13.3. The lowest BCUT2D eigenvalue weighted by Gasteiger charge is -2.34. The molecule has 21 heavy (non-hydrogen) atoms. The molecule has 0 unspecified atom stereocenters. The van der Waals surface area contributed by atoms with Crippen LogP contribution in [0.1, 0.15) is 47.5 Å². The van der Waals surface area contributed by atoms with Crippen LogP contribution in [0.25, 0.3) is 0 Å². The number of hydrogen-bond donors (Lipinski definition) is 0. The van der Waals surface area contributed by atoms with Gasteiger partial charge in [-0.1, -0.05) is 20.8 Å². The molecule has 0 N–H and O–H groups in total. The molecular weight excluding hydrogens is 268 g/mol. The molecule has 4 atom stereocenters. The molecule has 3 aliphatic rings. The van der Waals surface area contributed by atoms with Crippen molar-refractivity contribution in [1.82, 2.24) is 0 Å². The van der Waals surface area contributed by atoms with E-state index < -0.39 is 11.4 Å². The zero-order chi connectivity index (χ0) is 15.7. The second-order valence-electron chi connectivity index (χ2n) is 7.45. The van der Waals surface area contributed by atoms with Crippen LogP contribution in [0.5, 0.6) is 0 Å². The van der Waals surface area contributed by atoms with Crippen molar-refractivity contribution in [2.45, 2.75) is 47.5 Å². The van der Waals surface area contributed by atoms with E-state index in [9.17, 15) is 14.4 Å². The van der Waals surface area contributed by atoms with Crippen molar-refractivity contribution in [3.05, 3.63) is 11.3 Å². The topological polar surface area (TPSA) is 60.4 Å². The zero-order valence-electron chi connectivity index (χ0n) is 13.3. The quantitative estimate of drug-likeness (QED) is 0.550. The molecule has 0 heterocycles. The largest absolute Gasteiger partial charge is 0.423 e. The lowest BCUT2D eigenvalue weighted by Crippen LogP contribution is -2.47. The van der Waals surface area contributed by atoms with E-state index >= 15 is 0 Å². The fourth-order valence-corrected chi connectivity index (χ4v) is 5.38. The number of carbonyl (C=O) groups is 3. The average molecular weight is 290 g/mol. The summed E-state index contributed by atoms with van der Waals surface area (Å²) in [5.74, 6) is -0.798. The Morgan fingerprint density at radius 2 is 1.86 bits per heavy atom. The number of ether oxygens (including phenoxy) is 1. The van der Waals surface area contributed by atoms with E-state index in [1.54, 1.807) is 6.92 Å². The summed E-state index contributed by atoms with van der Waals surface area (Å²) < 4.78 is 5.23. The Hall–Kier alpha value is -1.45. The van der Waals surface area contributed by atoms with E-state index in [2.05, 4.69) is 13.8 Å². The van der Waals surface area contributed by atoms with Gasteiger partial charge in [0, 0.05) is 12.8 Å². The van der Waals surface area contributed by atoms with Gasteiger partial charge in [0.15, 0.2) is 11.5 Å². The second kappa shape index (κ2) is 4.05. The minimum Gasteiger partial charge on any atom is -0.423 e. The minimum absolute atomic E-state index is 0.0189. The molecule has 0 radical (unpaired) electrons. The highest BCUT2D eigenvalue weighted by molar-refractivity contribution is 6.20. The Morgan fingerprint density at radius 1 is 1.24 bits per heavy atom. The van der Waals surface area contributed by atoms with Crippen molar-refractivity contribution >= 4 is 17.5 Å². The van der Waals surface area contributed by atoms with E-state index in [0.29, 0.717) is 5.57 Å². The van der Waals surface area contributed by atoms with Crippen LogP contribution >= 0.6 is 0 Å². The van der Waals surface area contributed by atoms with Crippen molar-refractivity contribution in [3.8, 4) is 0 Å². The van der Waals surface area contributed by atoms with Crippen LogP contribution in [0.4, 0.5) is 0 Å². The van der Waals surface area contributed by atoms with Gasteiger partial charge in [-0.05, 0) is 42.6 Å². The fourth-order valence-electron chi connectivity index (χ4n) is 5.38. The molecule has 4 heteroatoms.